The first kappa shape index (κ1) is 11.6. The van der Waals surface area contributed by atoms with Gasteiger partial charge in [0, 0.05) is 12.8 Å². The Labute approximate surface area is 97.6 Å². The van der Waals surface area contributed by atoms with Gasteiger partial charge in [-0.3, -0.25) is 9.59 Å². The number of amides is 1. The Kier molecular flexibility index (Phi) is 2.41. The van der Waals surface area contributed by atoms with Gasteiger partial charge in [-0.25, -0.2) is 4.79 Å². The Morgan fingerprint density at radius 2 is 2.00 bits per heavy atom. The molecule has 0 bridgehead atoms. The molecule has 1 heterocycles. The number of fused-ring (bicyclic) bond motifs is 1. The van der Waals surface area contributed by atoms with Crippen molar-refractivity contribution in [1.82, 2.24) is 0 Å². The van der Waals surface area contributed by atoms with Crippen molar-refractivity contribution in [2.75, 3.05) is 0 Å². The lowest BCUT2D eigenvalue weighted by Crippen LogP contribution is -2.30. The number of primary amides is 1. The van der Waals surface area contributed by atoms with Crippen LogP contribution in [0.25, 0.3) is 0 Å². The van der Waals surface area contributed by atoms with Crippen LogP contribution < -0.4 is 11.4 Å². The number of ketones is 1. The topological polar surface area (TPSA) is 90.4 Å². The van der Waals surface area contributed by atoms with Gasteiger partial charge in [-0.2, -0.15) is 0 Å². The normalized spacial score (nSPS) is 17.6. The second-order valence-electron chi connectivity index (χ2n) is 5.09. The van der Waals surface area contributed by atoms with Gasteiger partial charge in [0.15, 0.2) is 5.78 Å². The maximum Gasteiger partial charge on any atom is 0.348 e. The largest absolute Gasteiger partial charge is 0.427 e. The molecule has 5 nitrogen and oxygen atoms in total. The average Bonchev–Trinajstić information content (AvgIpc) is 2.13. The first-order valence-electron chi connectivity index (χ1n) is 5.30. The van der Waals surface area contributed by atoms with Gasteiger partial charge in [0.25, 0.3) is 5.91 Å². The van der Waals surface area contributed by atoms with E-state index < -0.39 is 11.5 Å². The molecule has 90 valence electrons. The zero-order valence-electron chi connectivity index (χ0n) is 9.70. The van der Waals surface area contributed by atoms with E-state index in [-0.39, 0.29) is 16.8 Å². The third-order valence-electron chi connectivity index (χ3n) is 2.87. The van der Waals surface area contributed by atoms with Crippen LogP contribution in [0.5, 0.6) is 0 Å². The lowest BCUT2D eigenvalue weighted by Gasteiger charge is -2.28. The minimum Gasteiger partial charge on any atom is -0.427 e. The van der Waals surface area contributed by atoms with Crippen LogP contribution in [0.15, 0.2) is 15.3 Å². The Balaban J connectivity index is 2.62. The monoisotopic (exact) mass is 235 g/mol. The number of hydrogen-bond acceptors (Lipinski definition) is 4. The predicted molar refractivity (Wildman–Crippen MR) is 59.9 cm³/mol. The van der Waals surface area contributed by atoms with Crippen molar-refractivity contribution in [2.45, 2.75) is 26.7 Å². The van der Waals surface area contributed by atoms with Crippen LogP contribution in [0, 0.1) is 5.41 Å². The van der Waals surface area contributed by atoms with Crippen LogP contribution in [-0.4, -0.2) is 11.7 Å². The Morgan fingerprint density at radius 3 is 2.59 bits per heavy atom. The second-order valence-corrected chi connectivity index (χ2v) is 5.09. The quantitative estimate of drug-likeness (QED) is 0.782. The van der Waals surface area contributed by atoms with Crippen molar-refractivity contribution in [2.24, 2.45) is 11.1 Å². The van der Waals surface area contributed by atoms with Crippen LogP contribution in [-0.2, 0) is 6.42 Å². The number of Topliss-reactive ketones (excluding diaryl/α,β-unsaturated/α-hetero) is 1. The summed E-state index contributed by atoms with van der Waals surface area (Å²) in [7, 11) is 0. The van der Waals surface area contributed by atoms with E-state index in [0.29, 0.717) is 24.2 Å². The second kappa shape index (κ2) is 3.55. The third-order valence-corrected chi connectivity index (χ3v) is 2.87. The highest BCUT2D eigenvalue weighted by Crippen LogP contribution is 2.34. The molecule has 1 aromatic heterocycles. The van der Waals surface area contributed by atoms with E-state index in [2.05, 4.69) is 0 Å². The van der Waals surface area contributed by atoms with Gasteiger partial charge in [0.2, 0.25) is 0 Å². The predicted octanol–water partition coefficient (Wildman–Crippen LogP) is 0.894. The van der Waals surface area contributed by atoms with Crippen molar-refractivity contribution in [3.05, 3.63) is 33.4 Å². The van der Waals surface area contributed by atoms with Gasteiger partial charge in [-0.1, -0.05) is 13.8 Å². The van der Waals surface area contributed by atoms with Crippen LogP contribution in [0.2, 0.25) is 0 Å². The minimum atomic E-state index is -0.876. The van der Waals surface area contributed by atoms with Crippen molar-refractivity contribution in [3.63, 3.8) is 0 Å². The summed E-state index contributed by atoms with van der Waals surface area (Å²) < 4.78 is 5.02. The molecule has 0 spiro atoms. The molecule has 1 aliphatic rings. The smallest absolute Gasteiger partial charge is 0.348 e. The molecule has 2 N–H and O–H groups in total. The minimum absolute atomic E-state index is 0.123. The van der Waals surface area contributed by atoms with E-state index in [1.807, 2.05) is 13.8 Å². The van der Waals surface area contributed by atoms with Gasteiger partial charge in [0.05, 0.1) is 5.56 Å². The molecule has 0 unspecified atom stereocenters. The maximum absolute atomic E-state index is 11.9. The highest BCUT2D eigenvalue weighted by Gasteiger charge is 2.33. The Hall–Kier alpha value is -1.91. The molecule has 0 saturated carbocycles. The average molecular weight is 235 g/mol. The number of rotatable bonds is 1. The van der Waals surface area contributed by atoms with Crippen LogP contribution in [0.1, 0.15) is 46.7 Å². The summed E-state index contributed by atoms with van der Waals surface area (Å²) in [6.45, 7) is 3.85. The molecule has 1 amide bonds. The van der Waals surface area contributed by atoms with E-state index >= 15 is 0 Å². The molecule has 17 heavy (non-hydrogen) atoms. The standard InChI is InChI=1S/C12H13NO4/c1-12(2)4-8(14)6-3-7(10(13)15)11(16)17-9(6)5-12/h3H,4-5H2,1-2H3,(H2,13,15). The molecular weight excluding hydrogens is 222 g/mol. The molecule has 5 heteroatoms. The first-order valence-corrected chi connectivity index (χ1v) is 5.30. The maximum atomic E-state index is 11.9. The fourth-order valence-electron chi connectivity index (χ4n) is 2.07. The van der Waals surface area contributed by atoms with E-state index in [1.54, 1.807) is 0 Å². The Bertz CT molecular complexity index is 568. The lowest BCUT2D eigenvalue weighted by molar-refractivity contribution is 0.0897. The summed E-state index contributed by atoms with van der Waals surface area (Å²) in [6, 6.07) is 1.25. The molecule has 1 aromatic rings. The number of hydrogen-bond donors (Lipinski definition) is 1. The third kappa shape index (κ3) is 2.00. The molecule has 1 aliphatic carbocycles. The van der Waals surface area contributed by atoms with Crippen molar-refractivity contribution in [1.29, 1.82) is 0 Å². The number of nitrogens with two attached hydrogens (primary N) is 1. The van der Waals surface area contributed by atoms with E-state index in [1.165, 1.54) is 6.07 Å². The van der Waals surface area contributed by atoms with Gasteiger partial charge >= 0.3 is 5.63 Å². The molecule has 0 fully saturated rings. The van der Waals surface area contributed by atoms with Crippen LogP contribution >= 0.6 is 0 Å². The fourth-order valence-corrected chi connectivity index (χ4v) is 2.07. The summed E-state index contributed by atoms with van der Waals surface area (Å²) in [5.74, 6) is -0.650. The van der Waals surface area contributed by atoms with Crippen LogP contribution in [0.3, 0.4) is 0 Å². The van der Waals surface area contributed by atoms with Gasteiger partial charge < -0.3 is 10.2 Å². The van der Waals surface area contributed by atoms with Gasteiger partial charge in [0.1, 0.15) is 11.3 Å². The zero-order valence-corrected chi connectivity index (χ0v) is 9.70. The molecule has 0 aliphatic heterocycles. The molecule has 0 atom stereocenters. The summed E-state index contributed by atoms with van der Waals surface area (Å²) in [6.07, 6.45) is 0.869. The first-order chi connectivity index (χ1) is 7.80. The van der Waals surface area contributed by atoms with E-state index in [0.717, 1.165) is 0 Å². The molecule has 0 radical (unpaired) electrons. The molecule has 0 saturated heterocycles. The summed E-state index contributed by atoms with van der Waals surface area (Å²) >= 11 is 0. The highest BCUT2D eigenvalue weighted by molar-refractivity contribution is 6.01. The van der Waals surface area contributed by atoms with Crippen molar-refractivity contribution >= 4 is 11.7 Å². The van der Waals surface area contributed by atoms with Crippen LogP contribution in [0.4, 0.5) is 0 Å². The number of carbonyl (C=O) groups excluding carboxylic acids is 2. The molecular formula is C12H13NO4. The summed E-state index contributed by atoms with van der Waals surface area (Å²) in [4.78, 5) is 34.3. The van der Waals surface area contributed by atoms with Crippen molar-refractivity contribution in [3.8, 4) is 0 Å². The molecule has 0 aromatic carbocycles. The summed E-state index contributed by atoms with van der Waals surface area (Å²) in [5, 5.41) is 0. The van der Waals surface area contributed by atoms with Crippen molar-refractivity contribution < 1.29 is 14.0 Å². The van der Waals surface area contributed by atoms with E-state index in [4.69, 9.17) is 10.2 Å². The SMILES string of the molecule is CC1(C)CC(=O)c2cc(C(N)=O)c(=O)oc2C1. The Morgan fingerprint density at radius 1 is 1.35 bits per heavy atom. The zero-order chi connectivity index (χ0) is 12.8. The van der Waals surface area contributed by atoms with E-state index in [9.17, 15) is 14.4 Å². The van der Waals surface area contributed by atoms with Gasteiger partial charge in [-0.15, -0.1) is 0 Å². The lowest BCUT2D eigenvalue weighted by atomic mass is 9.76. The van der Waals surface area contributed by atoms with Gasteiger partial charge in [-0.05, 0) is 11.5 Å². The highest BCUT2D eigenvalue weighted by atomic mass is 16.4. The summed E-state index contributed by atoms with van der Waals surface area (Å²) in [5.41, 5.74) is 4.07. The molecule has 2 rings (SSSR count). The number of carbonyl (C=O) groups is 2. The fraction of sp³-hybridized carbons (Fsp3) is 0.417.